The Morgan fingerprint density at radius 2 is 1.60 bits per heavy atom. The highest BCUT2D eigenvalue weighted by molar-refractivity contribution is 5.95. The van der Waals surface area contributed by atoms with Gasteiger partial charge in [-0.15, -0.1) is 0 Å². The Labute approximate surface area is 121 Å². The van der Waals surface area contributed by atoms with E-state index >= 15 is 0 Å². The van der Waals surface area contributed by atoms with Crippen LogP contribution in [0.15, 0.2) is 30.3 Å². The average molecular weight is 276 g/mol. The van der Waals surface area contributed by atoms with Crippen LogP contribution in [0.25, 0.3) is 0 Å². The maximum atomic E-state index is 12.0. The van der Waals surface area contributed by atoms with Gasteiger partial charge in [-0.1, -0.05) is 30.3 Å². The summed E-state index contributed by atoms with van der Waals surface area (Å²) < 4.78 is 0. The van der Waals surface area contributed by atoms with Crippen LogP contribution in [0.3, 0.4) is 0 Å². The van der Waals surface area contributed by atoms with Crippen LogP contribution in [0.5, 0.6) is 0 Å². The summed E-state index contributed by atoms with van der Waals surface area (Å²) in [6.07, 6.45) is 1.55. The van der Waals surface area contributed by atoms with E-state index in [0.29, 0.717) is 6.42 Å². The summed E-state index contributed by atoms with van der Waals surface area (Å²) in [4.78, 5) is 16.7. The number of hydrogen-bond donors (Lipinski definition) is 1. The first-order valence-electron chi connectivity index (χ1n) is 7.43. The molecule has 1 saturated heterocycles. The predicted octanol–water partition coefficient (Wildman–Crippen LogP) is 1.26. The van der Waals surface area contributed by atoms with Crippen LogP contribution in [-0.4, -0.2) is 66.6 Å². The van der Waals surface area contributed by atoms with Gasteiger partial charge in [0.25, 0.3) is 0 Å². The molecule has 0 aliphatic carbocycles. The first-order valence-corrected chi connectivity index (χ1v) is 7.43. The van der Waals surface area contributed by atoms with Crippen molar-refractivity contribution in [2.45, 2.75) is 12.8 Å². The molecule has 0 bridgehead atoms. The zero-order chi connectivity index (χ0) is 14.2. The van der Waals surface area contributed by atoms with Crippen LogP contribution >= 0.6 is 0 Å². The monoisotopic (exact) mass is 276 g/mol. The summed E-state index contributed by atoms with van der Waals surface area (Å²) in [5.74, 6) is 0.240. The third kappa shape index (κ3) is 4.71. The first-order chi connectivity index (χ1) is 9.79. The third-order valence-corrected chi connectivity index (χ3v) is 3.86. The van der Waals surface area contributed by atoms with E-state index in [1.807, 2.05) is 30.3 Å². The van der Waals surface area contributed by atoms with Crippen molar-refractivity contribution < 1.29 is 9.90 Å². The average Bonchev–Trinajstić information content (AvgIpc) is 2.50. The first kappa shape index (κ1) is 15.2. The molecule has 0 unspecified atom stereocenters. The standard InChI is InChI=1S/C16H24N2O2/c19-14-13-18-11-9-17(10-12-18)8-4-7-16(20)15-5-2-1-3-6-15/h1-3,5-6,19H,4,7-14H2. The Hall–Kier alpha value is -1.23. The number of ketones is 1. The van der Waals surface area contributed by atoms with Crippen LogP contribution < -0.4 is 0 Å². The lowest BCUT2D eigenvalue weighted by Crippen LogP contribution is -2.47. The lowest BCUT2D eigenvalue weighted by molar-refractivity contribution is 0.0949. The lowest BCUT2D eigenvalue weighted by Gasteiger charge is -2.34. The molecule has 1 heterocycles. The molecule has 0 amide bonds. The Bertz CT molecular complexity index is 400. The number of β-amino-alcohol motifs (C(OH)–C–C–N with tert-alkyl or cyclic N) is 1. The van der Waals surface area contributed by atoms with Crippen LogP contribution in [-0.2, 0) is 0 Å². The van der Waals surface area contributed by atoms with Crippen molar-refractivity contribution in [2.24, 2.45) is 0 Å². The Kier molecular flexibility index (Phi) is 6.18. The van der Waals surface area contributed by atoms with E-state index in [1.54, 1.807) is 0 Å². The number of piperazine rings is 1. The molecule has 0 spiro atoms. The fourth-order valence-corrected chi connectivity index (χ4v) is 2.61. The zero-order valence-corrected chi connectivity index (χ0v) is 12.0. The van der Waals surface area contributed by atoms with Crippen molar-refractivity contribution in [1.82, 2.24) is 9.80 Å². The van der Waals surface area contributed by atoms with E-state index in [-0.39, 0.29) is 12.4 Å². The predicted molar refractivity (Wildman–Crippen MR) is 80.0 cm³/mol. The molecule has 1 aliphatic heterocycles. The number of carbonyl (C=O) groups is 1. The van der Waals surface area contributed by atoms with Crippen LogP contribution in [0.4, 0.5) is 0 Å². The van der Waals surface area contributed by atoms with Gasteiger partial charge in [0, 0.05) is 44.7 Å². The van der Waals surface area contributed by atoms with Gasteiger partial charge in [-0.2, -0.15) is 0 Å². The summed E-state index contributed by atoms with van der Waals surface area (Å²) >= 11 is 0. The van der Waals surface area contributed by atoms with Crippen molar-refractivity contribution in [1.29, 1.82) is 0 Å². The van der Waals surface area contributed by atoms with Gasteiger partial charge in [0.05, 0.1) is 6.61 Å². The fraction of sp³-hybridized carbons (Fsp3) is 0.562. The van der Waals surface area contributed by atoms with Crippen molar-refractivity contribution in [3.8, 4) is 0 Å². The van der Waals surface area contributed by atoms with Gasteiger partial charge in [0.1, 0.15) is 0 Å². The molecule has 110 valence electrons. The summed E-state index contributed by atoms with van der Waals surface area (Å²) in [7, 11) is 0. The molecule has 1 fully saturated rings. The second kappa shape index (κ2) is 8.15. The molecule has 4 heteroatoms. The molecule has 2 rings (SSSR count). The maximum absolute atomic E-state index is 12.0. The Balaban J connectivity index is 1.63. The molecule has 1 aromatic rings. The van der Waals surface area contributed by atoms with Crippen molar-refractivity contribution in [3.05, 3.63) is 35.9 Å². The van der Waals surface area contributed by atoms with Crippen LogP contribution in [0.2, 0.25) is 0 Å². The van der Waals surface area contributed by atoms with E-state index in [1.165, 1.54) is 0 Å². The zero-order valence-electron chi connectivity index (χ0n) is 12.0. The minimum absolute atomic E-state index is 0.240. The number of carbonyl (C=O) groups excluding carboxylic acids is 1. The van der Waals surface area contributed by atoms with E-state index < -0.39 is 0 Å². The van der Waals surface area contributed by atoms with Gasteiger partial charge < -0.3 is 10.0 Å². The third-order valence-electron chi connectivity index (χ3n) is 3.86. The lowest BCUT2D eigenvalue weighted by atomic mass is 10.1. The number of benzene rings is 1. The van der Waals surface area contributed by atoms with Crippen molar-refractivity contribution >= 4 is 5.78 Å². The molecule has 1 aliphatic rings. The summed E-state index contributed by atoms with van der Waals surface area (Å²) in [6.45, 7) is 6.14. The summed E-state index contributed by atoms with van der Waals surface area (Å²) in [5.41, 5.74) is 0.820. The molecular formula is C16H24N2O2. The Morgan fingerprint density at radius 3 is 2.20 bits per heavy atom. The summed E-state index contributed by atoms with van der Waals surface area (Å²) in [5, 5.41) is 8.90. The van der Waals surface area contributed by atoms with Crippen LogP contribution in [0, 0.1) is 0 Å². The molecule has 0 radical (unpaired) electrons. The maximum Gasteiger partial charge on any atom is 0.162 e. The van der Waals surface area contributed by atoms with Gasteiger partial charge in [-0.05, 0) is 13.0 Å². The Morgan fingerprint density at radius 1 is 1.00 bits per heavy atom. The van der Waals surface area contributed by atoms with Gasteiger partial charge in [0.2, 0.25) is 0 Å². The molecular weight excluding hydrogens is 252 g/mol. The largest absolute Gasteiger partial charge is 0.395 e. The van der Waals surface area contributed by atoms with Gasteiger partial charge in [-0.25, -0.2) is 0 Å². The fourth-order valence-electron chi connectivity index (χ4n) is 2.61. The highest BCUT2D eigenvalue weighted by Gasteiger charge is 2.16. The number of nitrogens with zero attached hydrogens (tertiary/aromatic N) is 2. The molecule has 0 saturated carbocycles. The van der Waals surface area contributed by atoms with E-state index in [0.717, 1.165) is 51.3 Å². The van der Waals surface area contributed by atoms with Crippen molar-refractivity contribution in [2.75, 3.05) is 45.9 Å². The minimum Gasteiger partial charge on any atom is -0.395 e. The number of aliphatic hydroxyl groups excluding tert-OH is 1. The van der Waals surface area contributed by atoms with E-state index in [4.69, 9.17) is 5.11 Å². The smallest absolute Gasteiger partial charge is 0.162 e. The summed E-state index contributed by atoms with van der Waals surface area (Å²) in [6, 6.07) is 9.52. The number of Topliss-reactive ketones (excluding diaryl/α,β-unsaturated/α-hetero) is 1. The molecule has 0 atom stereocenters. The molecule has 1 aromatic carbocycles. The SMILES string of the molecule is O=C(CCCN1CCN(CCO)CC1)c1ccccc1. The molecule has 1 N–H and O–H groups in total. The van der Waals surface area contributed by atoms with E-state index in [2.05, 4.69) is 9.80 Å². The normalized spacial score (nSPS) is 17.2. The number of rotatable bonds is 7. The number of aliphatic hydroxyl groups is 1. The highest BCUT2D eigenvalue weighted by atomic mass is 16.3. The van der Waals surface area contributed by atoms with Crippen molar-refractivity contribution in [3.63, 3.8) is 0 Å². The highest BCUT2D eigenvalue weighted by Crippen LogP contribution is 2.07. The quantitative estimate of drug-likeness (QED) is 0.762. The second-order valence-electron chi connectivity index (χ2n) is 5.30. The van der Waals surface area contributed by atoms with Gasteiger partial charge >= 0.3 is 0 Å². The molecule has 0 aromatic heterocycles. The van der Waals surface area contributed by atoms with Gasteiger partial charge in [0.15, 0.2) is 5.78 Å². The number of hydrogen-bond acceptors (Lipinski definition) is 4. The van der Waals surface area contributed by atoms with Crippen LogP contribution in [0.1, 0.15) is 23.2 Å². The topological polar surface area (TPSA) is 43.8 Å². The molecule has 4 nitrogen and oxygen atoms in total. The minimum atomic E-state index is 0.240. The second-order valence-corrected chi connectivity index (χ2v) is 5.30. The van der Waals surface area contributed by atoms with E-state index in [9.17, 15) is 4.79 Å². The van der Waals surface area contributed by atoms with Gasteiger partial charge in [-0.3, -0.25) is 9.69 Å². The molecule has 20 heavy (non-hydrogen) atoms.